The predicted molar refractivity (Wildman–Crippen MR) is 198 cm³/mol. The van der Waals surface area contributed by atoms with Crippen LogP contribution in [0.1, 0.15) is 72.2 Å². The Labute approximate surface area is 313 Å². The molecule has 0 bridgehead atoms. The molecule has 0 unspecified atom stereocenters. The summed E-state index contributed by atoms with van der Waals surface area (Å²) in [4.78, 5) is 29.2. The Morgan fingerprint density at radius 2 is 0.880 bits per heavy atom. The van der Waals surface area contributed by atoms with E-state index in [1.165, 1.54) is 25.7 Å². The van der Waals surface area contributed by atoms with Crippen molar-refractivity contribution < 1.29 is 19.1 Å². The van der Waals surface area contributed by atoms with E-state index in [4.69, 9.17) is 55.9 Å². The van der Waals surface area contributed by atoms with E-state index < -0.39 is 0 Å². The Kier molecular flexibility index (Phi) is 11.1. The van der Waals surface area contributed by atoms with Gasteiger partial charge in [0.2, 0.25) is 11.8 Å². The van der Waals surface area contributed by atoms with Gasteiger partial charge in [-0.1, -0.05) is 94.9 Å². The lowest BCUT2D eigenvalue weighted by atomic mass is 9.92. The van der Waals surface area contributed by atoms with E-state index in [1.54, 1.807) is 0 Å². The number of carbonyl (C=O) groups excluding carboxylic acids is 2. The summed E-state index contributed by atoms with van der Waals surface area (Å²) in [6.45, 7) is 1.78. The van der Waals surface area contributed by atoms with Gasteiger partial charge in [0.15, 0.2) is 0 Å². The molecular weight excluding hydrogens is 714 g/mol. The first-order valence-electron chi connectivity index (χ1n) is 17.1. The van der Waals surface area contributed by atoms with Crippen molar-refractivity contribution in [2.75, 3.05) is 26.3 Å². The molecule has 2 saturated carbocycles. The van der Waals surface area contributed by atoms with E-state index in [2.05, 4.69) is 0 Å². The van der Waals surface area contributed by atoms with Crippen molar-refractivity contribution in [3.8, 4) is 0 Å². The number of morpholine rings is 2. The highest BCUT2D eigenvalue weighted by Crippen LogP contribution is 2.45. The van der Waals surface area contributed by atoms with Crippen LogP contribution in [-0.2, 0) is 19.1 Å². The molecule has 2 amide bonds. The monoisotopic (exact) mass is 750 g/mol. The van der Waals surface area contributed by atoms with Crippen LogP contribution in [0.3, 0.4) is 0 Å². The molecule has 0 N–H and O–H groups in total. The number of benzene rings is 4. The molecule has 50 heavy (non-hydrogen) atoms. The van der Waals surface area contributed by atoms with Crippen LogP contribution in [0.25, 0.3) is 0 Å². The van der Waals surface area contributed by atoms with Crippen molar-refractivity contribution in [1.29, 1.82) is 0 Å². The maximum Gasteiger partial charge on any atom is 0.249 e. The van der Waals surface area contributed by atoms with Crippen LogP contribution < -0.4 is 0 Å². The molecule has 6 nitrogen and oxygen atoms in total. The van der Waals surface area contributed by atoms with Crippen LogP contribution in [0.5, 0.6) is 0 Å². The molecule has 0 aromatic heterocycles. The second-order valence-corrected chi connectivity index (χ2v) is 15.3. The molecule has 4 aliphatic rings. The van der Waals surface area contributed by atoms with E-state index >= 15 is 0 Å². The first kappa shape index (κ1) is 35.3. The zero-order valence-corrected chi connectivity index (χ0v) is 30.4. The first-order valence-corrected chi connectivity index (χ1v) is 18.6. The minimum atomic E-state index is -0.240. The van der Waals surface area contributed by atoms with Gasteiger partial charge in [-0.05, 0) is 108 Å². The van der Waals surface area contributed by atoms with Gasteiger partial charge in [-0.2, -0.15) is 0 Å². The fourth-order valence-electron chi connectivity index (χ4n) is 6.85. The molecule has 2 aliphatic carbocycles. The Morgan fingerprint density at radius 3 is 1.22 bits per heavy atom. The van der Waals surface area contributed by atoms with E-state index in [1.807, 2.05) is 107 Å². The lowest BCUT2D eigenvalue weighted by Crippen LogP contribution is -2.46. The van der Waals surface area contributed by atoms with Gasteiger partial charge in [-0.25, -0.2) is 0 Å². The largest absolute Gasteiger partial charge is 0.361 e. The number of hydrogen-bond acceptors (Lipinski definition) is 4. The van der Waals surface area contributed by atoms with Crippen molar-refractivity contribution >= 4 is 58.2 Å². The minimum Gasteiger partial charge on any atom is -0.361 e. The van der Waals surface area contributed by atoms with Gasteiger partial charge >= 0.3 is 0 Å². The summed E-state index contributed by atoms with van der Waals surface area (Å²) in [5, 5.41) is 2.70. The average molecular weight is 753 g/mol. The number of halogens is 4. The zero-order valence-electron chi connectivity index (χ0n) is 27.4. The third-order valence-corrected chi connectivity index (χ3v) is 10.7. The number of amides is 2. The molecule has 4 fully saturated rings. The lowest BCUT2D eigenvalue weighted by molar-refractivity contribution is -0.159. The van der Waals surface area contributed by atoms with Gasteiger partial charge in [0.25, 0.3) is 0 Å². The van der Waals surface area contributed by atoms with Crippen LogP contribution in [0.2, 0.25) is 20.1 Å². The summed E-state index contributed by atoms with van der Waals surface area (Å²) >= 11 is 24.5. The highest BCUT2D eigenvalue weighted by molar-refractivity contribution is 6.31. The summed E-state index contributed by atoms with van der Waals surface area (Å²) < 4.78 is 12.0. The quantitative estimate of drug-likeness (QED) is 0.180. The SMILES string of the molecule is O=C1CO[C@@H](c2cccc(Cl)c2)[C@@H](c2ccc(Cl)cc2)N1CC1CC1.O=C1CO[C@H](c2cccc(Cl)c2)[C@H](c2ccc(Cl)cc2)N1CC1CC1. The Balaban J connectivity index is 0.000000157. The van der Waals surface area contributed by atoms with Gasteiger partial charge in [-0.15, -0.1) is 0 Å². The molecule has 4 aromatic rings. The standard InChI is InChI=1S/2C20H19Cl2NO2/c2*21-16-8-6-14(7-9-16)19-20(15-2-1-3-17(22)10-15)25-12-18(24)23(19)11-13-4-5-13/h2*1-3,6-10,13,19-20H,4-5,11-12H2/t2*19-,20+/m10/s1. The molecule has 8 rings (SSSR count). The molecule has 0 radical (unpaired) electrons. The van der Waals surface area contributed by atoms with E-state index in [0.717, 1.165) is 35.3 Å². The van der Waals surface area contributed by atoms with Crippen molar-refractivity contribution in [3.63, 3.8) is 0 Å². The van der Waals surface area contributed by atoms with Crippen LogP contribution >= 0.6 is 46.4 Å². The first-order chi connectivity index (χ1) is 24.2. The molecular formula is C40H38Cl4N2O4. The molecule has 4 aromatic carbocycles. The van der Waals surface area contributed by atoms with Crippen molar-refractivity contribution in [2.45, 2.75) is 50.0 Å². The number of carbonyl (C=O) groups is 2. The summed E-state index contributed by atoms with van der Waals surface area (Å²) in [6, 6.07) is 30.4. The van der Waals surface area contributed by atoms with Gasteiger partial charge in [-0.3, -0.25) is 9.59 Å². The van der Waals surface area contributed by atoms with Crippen molar-refractivity contribution in [2.24, 2.45) is 11.8 Å². The summed E-state index contributed by atoms with van der Waals surface area (Å²) in [5.41, 5.74) is 4.03. The molecule has 260 valence electrons. The second kappa shape index (κ2) is 15.6. The number of nitrogens with zero attached hydrogens (tertiary/aromatic N) is 2. The van der Waals surface area contributed by atoms with Gasteiger partial charge in [0.1, 0.15) is 25.4 Å². The van der Waals surface area contributed by atoms with Crippen LogP contribution in [0.4, 0.5) is 0 Å². The van der Waals surface area contributed by atoms with Crippen LogP contribution in [-0.4, -0.2) is 47.9 Å². The highest BCUT2D eigenvalue weighted by atomic mass is 35.5. The molecule has 4 atom stereocenters. The maximum absolute atomic E-state index is 12.6. The normalized spacial score (nSPS) is 23.8. The van der Waals surface area contributed by atoms with Gasteiger partial charge in [0, 0.05) is 33.2 Å². The molecule has 0 spiro atoms. The minimum absolute atomic E-state index is 0.0464. The Morgan fingerprint density at radius 1 is 0.500 bits per heavy atom. The number of ether oxygens (including phenoxy) is 2. The Bertz CT molecular complexity index is 1680. The number of rotatable bonds is 8. The molecule has 2 saturated heterocycles. The smallest absolute Gasteiger partial charge is 0.249 e. The third kappa shape index (κ3) is 8.50. The second-order valence-electron chi connectivity index (χ2n) is 13.5. The van der Waals surface area contributed by atoms with Gasteiger partial charge < -0.3 is 19.3 Å². The summed E-state index contributed by atoms with van der Waals surface area (Å²) in [5.74, 6) is 1.31. The van der Waals surface area contributed by atoms with E-state index in [0.29, 0.717) is 31.9 Å². The lowest BCUT2D eigenvalue weighted by Gasteiger charge is -2.41. The predicted octanol–water partition coefficient (Wildman–Crippen LogP) is 10.1. The average Bonchev–Trinajstić information content (AvgIpc) is 4.05. The van der Waals surface area contributed by atoms with Crippen LogP contribution in [0, 0.1) is 11.8 Å². The van der Waals surface area contributed by atoms with E-state index in [9.17, 15) is 9.59 Å². The maximum atomic E-state index is 12.6. The molecule has 2 heterocycles. The van der Waals surface area contributed by atoms with E-state index in [-0.39, 0.29) is 49.3 Å². The highest BCUT2D eigenvalue weighted by Gasteiger charge is 2.42. The third-order valence-electron chi connectivity index (χ3n) is 9.74. The fraction of sp³-hybridized carbons (Fsp3) is 0.350. The van der Waals surface area contributed by atoms with Crippen LogP contribution in [0.15, 0.2) is 97.1 Å². The van der Waals surface area contributed by atoms with Crippen molar-refractivity contribution in [3.05, 3.63) is 139 Å². The molecule has 10 heteroatoms. The topological polar surface area (TPSA) is 59.1 Å². The Hall–Kier alpha value is -3.10. The zero-order chi connectivity index (χ0) is 34.8. The van der Waals surface area contributed by atoms with Gasteiger partial charge in [0.05, 0.1) is 12.1 Å². The summed E-state index contributed by atoms with van der Waals surface area (Å²) in [6.07, 6.45) is 4.30. The molecule has 2 aliphatic heterocycles. The van der Waals surface area contributed by atoms with Crippen molar-refractivity contribution in [1.82, 2.24) is 9.80 Å². The number of hydrogen-bond donors (Lipinski definition) is 0. The summed E-state index contributed by atoms with van der Waals surface area (Å²) in [7, 11) is 0. The fourth-order valence-corrected chi connectivity index (χ4v) is 7.50.